The Kier molecular flexibility index (Phi) is 3.64. The minimum Gasteiger partial charge on any atom is -0.258 e. The van der Waals surface area contributed by atoms with Crippen molar-refractivity contribution in [3.05, 3.63) is 37.9 Å². The van der Waals surface area contributed by atoms with Crippen molar-refractivity contribution in [1.29, 1.82) is 0 Å². The minimum absolute atomic E-state index is 0.153. The summed E-state index contributed by atoms with van der Waals surface area (Å²) in [7, 11) is 0. The summed E-state index contributed by atoms with van der Waals surface area (Å²) < 4.78 is 36.4. The number of benzene rings is 1. The van der Waals surface area contributed by atoms with Crippen LogP contribution >= 0.6 is 23.2 Å². The molecule has 1 rings (SSSR count). The highest BCUT2D eigenvalue weighted by Crippen LogP contribution is 2.37. The van der Waals surface area contributed by atoms with Gasteiger partial charge in [-0.1, -0.05) is 29.3 Å². The maximum absolute atomic E-state index is 12.1. The van der Waals surface area contributed by atoms with Crippen LogP contribution < -0.4 is 0 Å². The number of nitrogens with zero attached hydrogens (tertiary/aromatic N) is 1. The van der Waals surface area contributed by atoms with Gasteiger partial charge in [-0.2, -0.15) is 13.2 Å². The van der Waals surface area contributed by atoms with Gasteiger partial charge in [0.1, 0.15) is 5.02 Å². The van der Waals surface area contributed by atoms with E-state index in [9.17, 15) is 23.3 Å². The highest BCUT2D eigenvalue weighted by molar-refractivity contribution is 6.43. The monoisotopic (exact) mass is 273 g/mol. The highest BCUT2D eigenvalue weighted by atomic mass is 35.5. The summed E-state index contributed by atoms with van der Waals surface area (Å²) in [5.74, 6) is 0. The van der Waals surface area contributed by atoms with Gasteiger partial charge in [-0.05, 0) is 6.07 Å². The second-order valence-electron chi connectivity index (χ2n) is 2.92. The first kappa shape index (κ1) is 13.1. The number of hydrogen-bond donors (Lipinski definition) is 0. The molecule has 0 amide bonds. The average Bonchev–Trinajstić information content (AvgIpc) is 2.08. The van der Waals surface area contributed by atoms with Crippen LogP contribution in [0.3, 0.4) is 0 Å². The van der Waals surface area contributed by atoms with Crippen LogP contribution in [0.4, 0.5) is 18.9 Å². The predicted octanol–water partition coefficient (Wildman–Crippen LogP) is 4.01. The Morgan fingerprint density at radius 3 is 2.31 bits per heavy atom. The Labute approximate surface area is 97.9 Å². The fourth-order valence-corrected chi connectivity index (χ4v) is 1.54. The molecule has 0 saturated heterocycles. The van der Waals surface area contributed by atoms with Gasteiger partial charge in [0.25, 0.3) is 5.69 Å². The quantitative estimate of drug-likeness (QED) is 0.604. The van der Waals surface area contributed by atoms with Crippen LogP contribution in [0.15, 0.2) is 12.1 Å². The van der Waals surface area contributed by atoms with Crippen LogP contribution in [0.5, 0.6) is 0 Å². The number of alkyl halides is 3. The number of nitro benzene ring substituents is 1. The largest absolute Gasteiger partial charge is 0.393 e. The molecule has 1 aromatic carbocycles. The molecule has 0 heterocycles. The number of nitro groups is 1. The Hall–Kier alpha value is -1.01. The molecule has 0 unspecified atom stereocenters. The molecular weight excluding hydrogens is 270 g/mol. The van der Waals surface area contributed by atoms with Gasteiger partial charge in [0.05, 0.1) is 16.4 Å². The van der Waals surface area contributed by atoms with Gasteiger partial charge in [0.15, 0.2) is 0 Å². The average molecular weight is 274 g/mol. The molecule has 0 saturated carbocycles. The van der Waals surface area contributed by atoms with Crippen molar-refractivity contribution in [3.8, 4) is 0 Å². The fourth-order valence-electron chi connectivity index (χ4n) is 1.14. The molecule has 0 aliphatic heterocycles. The zero-order valence-electron chi connectivity index (χ0n) is 7.52. The summed E-state index contributed by atoms with van der Waals surface area (Å²) in [5, 5.41) is 9.94. The van der Waals surface area contributed by atoms with Crippen LogP contribution in [0.1, 0.15) is 5.56 Å². The van der Waals surface area contributed by atoms with E-state index in [1.54, 1.807) is 0 Å². The van der Waals surface area contributed by atoms with Crippen molar-refractivity contribution >= 4 is 28.9 Å². The number of hydrogen-bond acceptors (Lipinski definition) is 2. The number of rotatable bonds is 2. The lowest BCUT2D eigenvalue weighted by Crippen LogP contribution is -2.13. The molecule has 0 aliphatic carbocycles. The SMILES string of the molecule is O=[N+]([O-])c1c(CC(F)(F)F)ccc(Cl)c1Cl. The summed E-state index contributed by atoms with van der Waals surface area (Å²) in [6.45, 7) is 0. The normalized spacial score (nSPS) is 11.6. The summed E-state index contributed by atoms with van der Waals surface area (Å²) in [6, 6.07) is 2.04. The van der Waals surface area contributed by atoms with Crippen LogP contribution in [-0.4, -0.2) is 11.1 Å². The van der Waals surface area contributed by atoms with Gasteiger partial charge in [0, 0.05) is 5.56 Å². The topological polar surface area (TPSA) is 43.1 Å². The summed E-state index contributed by atoms with van der Waals surface area (Å²) in [6.07, 6.45) is -5.96. The van der Waals surface area contributed by atoms with E-state index in [0.29, 0.717) is 0 Å². The molecular formula is C8H4Cl2F3NO2. The first-order chi connectivity index (χ1) is 7.22. The predicted molar refractivity (Wildman–Crippen MR) is 52.9 cm³/mol. The third-order valence-corrected chi connectivity index (χ3v) is 2.52. The minimum atomic E-state index is -4.54. The van der Waals surface area contributed by atoms with Crippen LogP contribution in [0.2, 0.25) is 10.0 Å². The van der Waals surface area contributed by atoms with Gasteiger partial charge < -0.3 is 0 Å². The maximum atomic E-state index is 12.1. The standard InChI is InChI=1S/C8H4Cl2F3NO2/c9-5-2-1-4(3-8(11,12)13)7(6(5)10)14(15)16/h1-2H,3H2. The first-order valence-electron chi connectivity index (χ1n) is 3.90. The molecule has 1 aromatic rings. The molecule has 0 bridgehead atoms. The molecule has 0 fully saturated rings. The Morgan fingerprint density at radius 1 is 1.31 bits per heavy atom. The summed E-state index contributed by atoms with van der Waals surface area (Å²) >= 11 is 11.0. The summed E-state index contributed by atoms with van der Waals surface area (Å²) in [4.78, 5) is 9.60. The molecule has 3 nitrogen and oxygen atoms in total. The molecule has 0 N–H and O–H groups in total. The Bertz CT molecular complexity index is 434. The zero-order chi connectivity index (χ0) is 12.5. The molecule has 16 heavy (non-hydrogen) atoms. The van der Waals surface area contributed by atoms with E-state index in [4.69, 9.17) is 23.2 Å². The molecule has 8 heteroatoms. The van der Waals surface area contributed by atoms with Crippen molar-refractivity contribution in [1.82, 2.24) is 0 Å². The Balaban J connectivity index is 3.29. The lowest BCUT2D eigenvalue weighted by Gasteiger charge is -2.08. The molecule has 0 radical (unpaired) electrons. The number of halogens is 5. The molecule has 0 atom stereocenters. The second kappa shape index (κ2) is 4.47. The van der Waals surface area contributed by atoms with Gasteiger partial charge >= 0.3 is 6.18 Å². The highest BCUT2D eigenvalue weighted by Gasteiger charge is 2.33. The van der Waals surface area contributed by atoms with Crippen molar-refractivity contribution in [3.63, 3.8) is 0 Å². The molecule has 0 spiro atoms. The van der Waals surface area contributed by atoms with Gasteiger partial charge in [-0.15, -0.1) is 0 Å². The van der Waals surface area contributed by atoms with E-state index in [0.717, 1.165) is 12.1 Å². The molecule has 0 aromatic heterocycles. The van der Waals surface area contributed by atoms with Crippen LogP contribution in [0, 0.1) is 10.1 Å². The second-order valence-corrected chi connectivity index (χ2v) is 3.70. The summed E-state index contributed by atoms with van der Waals surface area (Å²) in [5.41, 5.74) is -1.31. The zero-order valence-corrected chi connectivity index (χ0v) is 9.03. The molecule has 88 valence electrons. The van der Waals surface area contributed by atoms with E-state index in [1.807, 2.05) is 0 Å². The van der Waals surface area contributed by atoms with Gasteiger partial charge in [-0.25, -0.2) is 0 Å². The lowest BCUT2D eigenvalue weighted by molar-refractivity contribution is -0.385. The van der Waals surface area contributed by atoms with Crippen LogP contribution in [-0.2, 0) is 6.42 Å². The van der Waals surface area contributed by atoms with E-state index in [2.05, 4.69) is 0 Å². The maximum Gasteiger partial charge on any atom is 0.393 e. The third-order valence-electron chi connectivity index (χ3n) is 1.73. The van der Waals surface area contributed by atoms with Crippen molar-refractivity contribution in [2.24, 2.45) is 0 Å². The van der Waals surface area contributed by atoms with Crippen molar-refractivity contribution < 1.29 is 18.1 Å². The Morgan fingerprint density at radius 2 is 1.88 bits per heavy atom. The van der Waals surface area contributed by atoms with Crippen molar-refractivity contribution in [2.75, 3.05) is 0 Å². The van der Waals surface area contributed by atoms with E-state index in [1.165, 1.54) is 0 Å². The van der Waals surface area contributed by atoms with Crippen molar-refractivity contribution in [2.45, 2.75) is 12.6 Å². The first-order valence-corrected chi connectivity index (χ1v) is 4.66. The van der Waals surface area contributed by atoms with Gasteiger partial charge in [-0.3, -0.25) is 10.1 Å². The third kappa shape index (κ3) is 2.99. The fraction of sp³-hybridized carbons (Fsp3) is 0.250. The van der Waals surface area contributed by atoms with E-state index >= 15 is 0 Å². The smallest absolute Gasteiger partial charge is 0.258 e. The molecule has 0 aliphatic rings. The van der Waals surface area contributed by atoms with Gasteiger partial charge in [0.2, 0.25) is 0 Å². The van der Waals surface area contributed by atoms with E-state index < -0.39 is 33.8 Å². The lowest BCUT2D eigenvalue weighted by atomic mass is 10.1. The van der Waals surface area contributed by atoms with E-state index in [-0.39, 0.29) is 5.02 Å². The van der Waals surface area contributed by atoms with Crippen LogP contribution in [0.25, 0.3) is 0 Å².